The third-order valence-electron chi connectivity index (χ3n) is 9.63. The average Bonchev–Trinajstić information content (AvgIpc) is 4.04. The normalized spacial score (nSPS) is 12.1. The molecule has 0 atom stereocenters. The van der Waals surface area contributed by atoms with Crippen molar-refractivity contribution in [3.05, 3.63) is 178 Å². The van der Waals surface area contributed by atoms with E-state index in [1.54, 1.807) is 0 Å². The highest BCUT2D eigenvalue weighted by Crippen LogP contribution is 2.42. The third-order valence-corrected chi connectivity index (χ3v) is 9.63. The number of rotatable bonds is 7. The molecule has 0 saturated heterocycles. The van der Waals surface area contributed by atoms with Gasteiger partial charge in [0, 0.05) is 44.3 Å². The van der Waals surface area contributed by atoms with Crippen LogP contribution < -0.4 is 5.32 Å². The van der Waals surface area contributed by atoms with E-state index in [1.165, 1.54) is 0 Å². The zero-order valence-electron chi connectivity index (χ0n) is 28.7. The smallest absolute Gasteiger partial charge is 0.321 e. The minimum atomic E-state index is -0.478. The van der Waals surface area contributed by atoms with Gasteiger partial charge in [0.2, 0.25) is 6.41 Å². The summed E-state index contributed by atoms with van der Waals surface area (Å²) < 4.78 is 0. The molecule has 0 saturated carbocycles. The summed E-state index contributed by atoms with van der Waals surface area (Å²) in [4.78, 5) is 42.7. The highest BCUT2D eigenvalue weighted by molar-refractivity contribution is 6.04. The Hall–Kier alpha value is -7.65. The Morgan fingerprint density at radius 2 is 0.907 bits per heavy atom. The fourth-order valence-corrected chi connectivity index (χ4v) is 7.34. The van der Waals surface area contributed by atoms with Crippen molar-refractivity contribution in [3.8, 4) is 44.5 Å². The number of benzene rings is 4. The average molecular weight is 703 g/mol. The number of aromatic amines is 2. The molecule has 0 radical (unpaired) electrons. The molecule has 0 aliphatic carbocycles. The molecule has 3 aromatic heterocycles. The van der Waals surface area contributed by atoms with Crippen molar-refractivity contribution in [2.75, 3.05) is 0 Å². The quantitative estimate of drug-likeness (QED) is 0.0865. The summed E-state index contributed by atoms with van der Waals surface area (Å²) in [5, 5.41) is 15.9. The second kappa shape index (κ2) is 13.5. The molecule has 9 nitrogen and oxygen atoms in total. The van der Waals surface area contributed by atoms with Crippen molar-refractivity contribution in [2.45, 2.75) is 0 Å². The van der Waals surface area contributed by atoms with E-state index in [-0.39, 0.29) is 22.8 Å². The predicted molar refractivity (Wildman–Crippen MR) is 215 cm³/mol. The lowest BCUT2D eigenvalue weighted by molar-refractivity contribution is -0.374. The fourth-order valence-electron chi connectivity index (χ4n) is 7.34. The summed E-state index contributed by atoms with van der Waals surface area (Å²) in [7, 11) is 0. The summed E-state index contributed by atoms with van der Waals surface area (Å²) >= 11 is 0. The van der Waals surface area contributed by atoms with E-state index in [1.807, 2.05) is 133 Å². The van der Waals surface area contributed by atoms with Gasteiger partial charge >= 0.3 is 5.70 Å². The predicted octanol–water partition coefficient (Wildman–Crippen LogP) is 10.0. The Bertz CT molecular complexity index is 2820. The Morgan fingerprint density at radius 1 is 0.500 bits per heavy atom. The number of amides is 1. The molecule has 8 bridgehead atoms. The molecule has 258 valence electrons. The van der Waals surface area contributed by atoms with E-state index in [9.17, 15) is 14.9 Å². The number of hydrogen-bond acceptors (Lipinski definition) is 5. The van der Waals surface area contributed by atoms with Crippen LogP contribution in [-0.2, 0) is 4.79 Å². The van der Waals surface area contributed by atoms with Crippen molar-refractivity contribution in [1.82, 2.24) is 25.3 Å². The largest absolute Gasteiger partial charge is 0.354 e. The van der Waals surface area contributed by atoms with Crippen molar-refractivity contribution in [2.24, 2.45) is 0 Å². The first-order chi connectivity index (χ1) is 26.6. The first-order valence-corrected chi connectivity index (χ1v) is 17.4. The number of fused-ring (bicyclic) bond motifs is 8. The molecule has 3 N–H and O–H groups in total. The van der Waals surface area contributed by atoms with Gasteiger partial charge in [0.25, 0.3) is 0 Å². The van der Waals surface area contributed by atoms with Gasteiger partial charge in [0.05, 0.1) is 16.3 Å². The number of carbonyl (C=O) groups excluding carboxylic acids is 1. The second-order valence-electron chi connectivity index (χ2n) is 12.8. The standard InChI is InChI=1S/C45H30N6O3/c52-27-46-44-42-40(30-17-9-3-10-18-30)36-25-23-34(48-36)38(28-13-5-1-6-14-28)32-21-22-33(47-32)39(29-15-7-2-8-16-29)35-24-26-37(49-35)41(31-19-11-4-12-20-31)43(50-42)45(44)51(53)54/h1-27,47,49H,(H,46,52). The Morgan fingerprint density at radius 3 is 1.39 bits per heavy atom. The van der Waals surface area contributed by atoms with Gasteiger partial charge in [0.1, 0.15) is 11.4 Å². The lowest BCUT2D eigenvalue weighted by atomic mass is 10.00. The molecular formula is C45H30N6O3. The van der Waals surface area contributed by atoms with Crippen LogP contribution in [0.2, 0.25) is 0 Å². The molecule has 5 heterocycles. The molecule has 0 fully saturated rings. The van der Waals surface area contributed by atoms with Gasteiger partial charge in [0.15, 0.2) is 5.69 Å². The zero-order chi connectivity index (χ0) is 36.6. The maximum atomic E-state index is 13.2. The number of aromatic nitrogens is 4. The van der Waals surface area contributed by atoms with Crippen LogP contribution in [0.3, 0.4) is 0 Å². The molecule has 1 amide bonds. The molecule has 2 aliphatic heterocycles. The van der Waals surface area contributed by atoms with Gasteiger partial charge in [-0.1, -0.05) is 121 Å². The van der Waals surface area contributed by atoms with Gasteiger partial charge in [-0.2, -0.15) is 0 Å². The van der Waals surface area contributed by atoms with Crippen LogP contribution in [0.5, 0.6) is 0 Å². The Kier molecular flexibility index (Phi) is 8.05. The highest BCUT2D eigenvalue weighted by atomic mass is 16.6. The lowest BCUT2D eigenvalue weighted by Gasteiger charge is -2.08. The fraction of sp³-hybridized carbons (Fsp3) is 0. The van der Waals surface area contributed by atoms with E-state index >= 15 is 0 Å². The van der Waals surface area contributed by atoms with Gasteiger partial charge in [-0.15, -0.1) is 0 Å². The van der Waals surface area contributed by atoms with Crippen LogP contribution in [0, 0.1) is 10.1 Å². The van der Waals surface area contributed by atoms with Gasteiger partial charge in [-0.3, -0.25) is 14.9 Å². The minimum absolute atomic E-state index is 0.0182. The van der Waals surface area contributed by atoms with Crippen LogP contribution in [0.25, 0.3) is 90.1 Å². The van der Waals surface area contributed by atoms with E-state index in [2.05, 4.69) is 39.6 Å². The van der Waals surface area contributed by atoms with Crippen molar-refractivity contribution < 1.29 is 9.72 Å². The van der Waals surface area contributed by atoms with Crippen LogP contribution >= 0.6 is 0 Å². The van der Waals surface area contributed by atoms with Crippen LogP contribution in [-0.4, -0.2) is 31.3 Å². The van der Waals surface area contributed by atoms with Crippen molar-refractivity contribution >= 4 is 52.0 Å². The molecule has 9 rings (SSSR count). The molecular weight excluding hydrogens is 673 g/mol. The zero-order valence-corrected chi connectivity index (χ0v) is 28.7. The van der Waals surface area contributed by atoms with E-state index in [0.717, 1.165) is 44.4 Å². The van der Waals surface area contributed by atoms with E-state index < -0.39 is 4.92 Å². The van der Waals surface area contributed by atoms with Crippen LogP contribution in [0.4, 0.5) is 0 Å². The van der Waals surface area contributed by atoms with Gasteiger partial charge in [-0.25, -0.2) is 9.97 Å². The van der Waals surface area contributed by atoms with Gasteiger partial charge in [-0.05, 0) is 58.7 Å². The summed E-state index contributed by atoms with van der Waals surface area (Å²) in [5.41, 5.74) is 10.5. The molecule has 0 spiro atoms. The van der Waals surface area contributed by atoms with Crippen LogP contribution in [0.15, 0.2) is 146 Å². The maximum absolute atomic E-state index is 13.2. The molecule has 2 aliphatic rings. The topological polar surface area (TPSA) is 130 Å². The summed E-state index contributed by atoms with van der Waals surface area (Å²) in [5.74, 6) is 0. The number of nitrogens with one attached hydrogen (secondary N) is 3. The number of H-pyrrole nitrogens is 2. The number of carbonyl (C=O) groups is 1. The Labute approximate surface area is 309 Å². The molecule has 7 aromatic rings. The van der Waals surface area contributed by atoms with Crippen molar-refractivity contribution in [3.63, 3.8) is 0 Å². The number of nitrogens with zero attached hydrogens (tertiary/aromatic N) is 3. The van der Waals surface area contributed by atoms with E-state index in [4.69, 9.17) is 9.97 Å². The monoisotopic (exact) mass is 702 g/mol. The molecule has 9 heteroatoms. The van der Waals surface area contributed by atoms with Crippen LogP contribution in [0.1, 0.15) is 22.8 Å². The minimum Gasteiger partial charge on any atom is -0.354 e. The van der Waals surface area contributed by atoms with Crippen molar-refractivity contribution in [1.29, 1.82) is 0 Å². The Balaban J connectivity index is 1.55. The first-order valence-electron chi connectivity index (χ1n) is 17.4. The number of hydrogen-bond donors (Lipinski definition) is 3. The number of nitro groups is 1. The lowest BCUT2D eigenvalue weighted by Crippen LogP contribution is -2.13. The summed E-state index contributed by atoms with van der Waals surface area (Å²) in [6, 6.07) is 47.1. The maximum Gasteiger partial charge on any atom is 0.321 e. The van der Waals surface area contributed by atoms with E-state index in [0.29, 0.717) is 40.0 Å². The second-order valence-corrected chi connectivity index (χ2v) is 12.8. The summed E-state index contributed by atoms with van der Waals surface area (Å²) in [6.07, 6.45) is 4.30. The first kappa shape index (κ1) is 32.3. The SMILES string of the molecule is O=CNC1=C([N+](=O)[O-])c2nc1c(-c1ccccc1)c1nc(c(-c3ccccc3)c3ccc([nH]3)c(-c3ccccc3)c3ccc([nH]3)c2-c2ccccc2)C=C1. The molecule has 4 aromatic carbocycles. The molecule has 54 heavy (non-hydrogen) atoms. The van der Waals surface area contributed by atoms with Gasteiger partial charge < -0.3 is 15.3 Å². The third kappa shape index (κ3) is 5.57. The molecule has 0 unspecified atom stereocenters. The summed E-state index contributed by atoms with van der Waals surface area (Å²) in [6.45, 7) is 0. The highest BCUT2D eigenvalue weighted by Gasteiger charge is 2.36.